The molecular formula is C10H18FN. The van der Waals surface area contributed by atoms with Crippen molar-refractivity contribution in [2.75, 3.05) is 13.1 Å². The highest BCUT2D eigenvalue weighted by Gasteiger charge is 2.33. The second-order valence-corrected chi connectivity index (χ2v) is 4.46. The lowest BCUT2D eigenvalue weighted by Crippen LogP contribution is -2.54. The highest BCUT2D eigenvalue weighted by Crippen LogP contribution is 2.29. The summed E-state index contributed by atoms with van der Waals surface area (Å²) in [5.74, 6) is 0.906. The van der Waals surface area contributed by atoms with Crippen LogP contribution >= 0.6 is 0 Å². The molecule has 2 aliphatic rings. The number of likely N-dealkylation sites (tertiary alicyclic amines) is 1. The molecular weight excluding hydrogens is 153 g/mol. The fourth-order valence-corrected chi connectivity index (χ4v) is 2.36. The van der Waals surface area contributed by atoms with Crippen molar-refractivity contribution in [2.24, 2.45) is 5.92 Å². The molecule has 1 aliphatic heterocycles. The van der Waals surface area contributed by atoms with E-state index in [0.29, 0.717) is 19.1 Å². The molecule has 0 N–H and O–H groups in total. The van der Waals surface area contributed by atoms with E-state index in [-0.39, 0.29) is 0 Å². The van der Waals surface area contributed by atoms with Gasteiger partial charge in [-0.25, -0.2) is 4.39 Å². The van der Waals surface area contributed by atoms with E-state index in [0.717, 1.165) is 5.92 Å². The monoisotopic (exact) mass is 171 g/mol. The third-order valence-electron chi connectivity index (χ3n) is 3.37. The molecule has 1 heterocycles. The summed E-state index contributed by atoms with van der Waals surface area (Å²) in [6.07, 6.45) is 4.77. The summed E-state index contributed by atoms with van der Waals surface area (Å²) in [4.78, 5) is 2.32. The first-order valence-corrected chi connectivity index (χ1v) is 5.14. The number of hydrogen-bond donors (Lipinski definition) is 0. The van der Waals surface area contributed by atoms with Crippen LogP contribution in [0.25, 0.3) is 0 Å². The van der Waals surface area contributed by atoms with Crippen LogP contribution < -0.4 is 0 Å². The van der Waals surface area contributed by atoms with Crippen LogP contribution in [0.4, 0.5) is 4.39 Å². The van der Waals surface area contributed by atoms with Crippen LogP contribution in [0.5, 0.6) is 0 Å². The third-order valence-corrected chi connectivity index (χ3v) is 3.37. The van der Waals surface area contributed by atoms with Gasteiger partial charge in [0.25, 0.3) is 0 Å². The van der Waals surface area contributed by atoms with Gasteiger partial charge in [-0.3, -0.25) is 4.90 Å². The van der Waals surface area contributed by atoms with Crippen molar-refractivity contribution in [3.63, 3.8) is 0 Å². The Balaban J connectivity index is 1.75. The highest BCUT2D eigenvalue weighted by molar-refractivity contribution is 4.87. The Bertz CT molecular complexity index is 146. The van der Waals surface area contributed by atoms with Crippen molar-refractivity contribution in [1.29, 1.82) is 0 Å². The Morgan fingerprint density at radius 1 is 1.08 bits per heavy atom. The smallest absolute Gasteiger partial charge is 0.125 e. The van der Waals surface area contributed by atoms with Crippen molar-refractivity contribution in [3.8, 4) is 0 Å². The summed E-state index contributed by atoms with van der Waals surface area (Å²) >= 11 is 0. The van der Waals surface area contributed by atoms with Gasteiger partial charge in [0, 0.05) is 19.1 Å². The normalized spacial score (nSPS) is 39.5. The van der Waals surface area contributed by atoms with E-state index in [1.54, 1.807) is 0 Å². The first-order chi connectivity index (χ1) is 5.75. The SMILES string of the molecule is CC1CCC(N2CC(F)C2)CC1. The molecule has 70 valence electrons. The minimum absolute atomic E-state index is 0.524. The molecule has 1 saturated heterocycles. The molecule has 0 amide bonds. The molecule has 0 radical (unpaired) electrons. The van der Waals surface area contributed by atoms with E-state index in [1.807, 2.05) is 0 Å². The van der Waals surface area contributed by atoms with Gasteiger partial charge in [0.2, 0.25) is 0 Å². The summed E-state index contributed by atoms with van der Waals surface area (Å²) in [6, 6.07) is 0.716. The Morgan fingerprint density at radius 3 is 2.17 bits per heavy atom. The summed E-state index contributed by atoms with van der Waals surface area (Å²) in [5, 5.41) is 0. The molecule has 1 nitrogen and oxygen atoms in total. The molecule has 0 spiro atoms. The van der Waals surface area contributed by atoms with Crippen molar-refractivity contribution in [3.05, 3.63) is 0 Å². The van der Waals surface area contributed by atoms with Gasteiger partial charge in [-0.15, -0.1) is 0 Å². The molecule has 0 bridgehead atoms. The summed E-state index contributed by atoms with van der Waals surface area (Å²) in [7, 11) is 0. The van der Waals surface area contributed by atoms with E-state index in [9.17, 15) is 4.39 Å². The van der Waals surface area contributed by atoms with Crippen LogP contribution in [0.15, 0.2) is 0 Å². The van der Waals surface area contributed by atoms with Gasteiger partial charge < -0.3 is 0 Å². The molecule has 0 atom stereocenters. The van der Waals surface area contributed by atoms with E-state index in [4.69, 9.17) is 0 Å². The average molecular weight is 171 g/mol. The van der Waals surface area contributed by atoms with Gasteiger partial charge in [-0.2, -0.15) is 0 Å². The maximum Gasteiger partial charge on any atom is 0.125 e. The van der Waals surface area contributed by atoms with Crippen LogP contribution in [-0.4, -0.2) is 30.2 Å². The van der Waals surface area contributed by atoms with Crippen molar-refractivity contribution >= 4 is 0 Å². The van der Waals surface area contributed by atoms with Gasteiger partial charge in [0.15, 0.2) is 0 Å². The van der Waals surface area contributed by atoms with E-state index >= 15 is 0 Å². The van der Waals surface area contributed by atoms with Crippen LogP contribution in [-0.2, 0) is 0 Å². The van der Waals surface area contributed by atoms with Gasteiger partial charge >= 0.3 is 0 Å². The fraction of sp³-hybridized carbons (Fsp3) is 1.00. The molecule has 1 saturated carbocycles. The lowest BCUT2D eigenvalue weighted by Gasteiger charge is -2.43. The van der Waals surface area contributed by atoms with E-state index in [2.05, 4.69) is 11.8 Å². The van der Waals surface area contributed by atoms with Gasteiger partial charge in [0.05, 0.1) is 0 Å². The Kier molecular flexibility index (Phi) is 2.35. The molecule has 2 rings (SSSR count). The molecule has 1 aliphatic carbocycles. The molecule has 12 heavy (non-hydrogen) atoms. The molecule has 0 aromatic carbocycles. The second kappa shape index (κ2) is 3.33. The average Bonchev–Trinajstić information content (AvgIpc) is 2.01. The number of alkyl halides is 1. The maximum absolute atomic E-state index is 12.6. The zero-order valence-electron chi connectivity index (χ0n) is 7.80. The van der Waals surface area contributed by atoms with Crippen LogP contribution in [0.1, 0.15) is 32.6 Å². The third kappa shape index (κ3) is 1.63. The number of rotatable bonds is 1. The molecule has 0 aromatic heterocycles. The van der Waals surface area contributed by atoms with Crippen LogP contribution in [0, 0.1) is 5.92 Å². The maximum atomic E-state index is 12.6. The summed E-state index contributed by atoms with van der Waals surface area (Å²) < 4.78 is 12.6. The first-order valence-electron chi connectivity index (χ1n) is 5.14. The Morgan fingerprint density at radius 2 is 1.67 bits per heavy atom. The molecule has 2 fully saturated rings. The van der Waals surface area contributed by atoms with E-state index in [1.165, 1.54) is 25.7 Å². The van der Waals surface area contributed by atoms with Crippen LogP contribution in [0.2, 0.25) is 0 Å². The number of nitrogens with zero attached hydrogens (tertiary/aromatic N) is 1. The predicted octanol–water partition coefficient (Wildman–Crippen LogP) is 2.22. The van der Waals surface area contributed by atoms with Crippen molar-refractivity contribution in [1.82, 2.24) is 4.90 Å². The van der Waals surface area contributed by atoms with Gasteiger partial charge in [-0.05, 0) is 31.6 Å². The number of halogens is 1. The lowest BCUT2D eigenvalue weighted by atomic mass is 9.85. The summed E-state index contributed by atoms with van der Waals surface area (Å²) in [5.41, 5.74) is 0. The number of hydrogen-bond acceptors (Lipinski definition) is 1. The van der Waals surface area contributed by atoms with Crippen molar-refractivity contribution < 1.29 is 4.39 Å². The summed E-state index contributed by atoms with van der Waals surface area (Å²) in [6.45, 7) is 3.74. The Hall–Kier alpha value is -0.110. The Labute approximate surface area is 73.9 Å². The van der Waals surface area contributed by atoms with Crippen molar-refractivity contribution in [2.45, 2.75) is 44.8 Å². The topological polar surface area (TPSA) is 3.24 Å². The zero-order valence-corrected chi connectivity index (χ0v) is 7.80. The van der Waals surface area contributed by atoms with Gasteiger partial charge in [-0.1, -0.05) is 6.92 Å². The standard InChI is InChI=1S/C10H18FN/c1-8-2-4-10(5-3-8)12-6-9(11)7-12/h8-10H,2-7H2,1H3. The molecule has 0 aromatic rings. The highest BCUT2D eigenvalue weighted by atomic mass is 19.1. The largest absolute Gasteiger partial charge is 0.295 e. The van der Waals surface area contributed by atoms with Gasteiger partial charge in [0.1, 0.15) is 6.17 Å². The first kappa shape index (κ1) is 8.49. The van der Waals surface area contributed by atoms with Crippen LogP contribution in [0.3, 0.4) is 0 Å². The minimum Gasteiger partial charge on any atom is -0.295 e. The van der Waals surface area contributed by atoms with E-state index < -0.39 is 6.17 Å². The quantitative estimate of drug-likeness (QED) is 0.584. The molecule has 0 unspecified atom stereocenters. The fourth-order valence-electron chi connectivity index (χ4n) is 2.36. The minimum atomic E-state index is -0.524. The molecule has 2 heteroatoms. The zero-order chi connectivity index (χ0) is 8.55. The predicted molar refractivity (Wildman–Crippen MR) is 47.9 cm³/mol. The second-order valence-electron chi connectivity index (χ2n) is 4.46. The lowest BCUT2D eigenvalue weighted by molar-refractivity contribution is 0.00934.